The maximum absolute atomic E-state index is 12.7. The average Bonchev–Trinajstić information content (AvgIpc) is 2.47. The van der Waals surface area contributed by atoms with E-state index in [9.17, 15) is 8.42 Å². The van der Waals surface area contributed by atoms with Crippen LogP contribution in [0.25, 0.3) is 0 Å². The molecule has 1 aromatic carbocycles. The lowest BCUT2D eigenvalue weighted by atomic mass is 10.1. The topological polar surface area (TPSA) is 66.6 Å². The molecule has 0 bridgehead atoms. The molecule has 1 fully saturated rings. The third kappa shape index (κ3) is 3.63. The molecular weight excluding hydrogens is 286 g/mol. The van der Waals surface area contributed by atoms with Crippen molar-refractivity contribution in [1.29, 1.82) is 0 Å². The summed E-state index contributed by atoms with van der Waals surface area (Å²) in [5.41, 5.74) is 6.75. The Bertz CT molecular complexity index is 567. The molecule has 1 heterocycles. The molecule has 0 spiro atoms. The fourth-order valence-corrected chi connectivity index (χ4v) is 4.17. The molecule has 1 aliphatic heterocycles. The van der Waals surface area contributed by atoms with Gasteiger partial charge in [0.1, 0.15) is 0 Å². The van der Waals surface area contributed by atoms with E-state index in [1.807, 2.05) is 21.0 Å². The zero-order chi connectivity index (χ0) is 15.6. The van der Waals surface area contributed by atoms with Gasteiger partial charge in [0, 0.05) is 25.2 Å². The first-order valence-corrected chi connectivity index (χ1v) is 8.78. The Balaban J connectivity index is 2.21. The van der Waals surface area contributed by atoms with E-state index in [1.54, 1.807) is 28.6 Å². The van der Waals surface area contributed by atoms with Crippen LogP contribution in [0.4, 0.5) is 0 Å². The lowest BCUT2D eigenvalue weighted by molar-refractivity contribution is 0.190. The lowest BCUT2D eigenvalue weighted by Crippen LogP contribution is -2.47. The molecule has 6 heteroatoms. The standard InChI is InChI=1S/C15H25N3O2S/c1-12(16)13-6-8-15(9-7-13)21(19,20)18-10-4-5-14(11-18)17(2)3/h6-9,12,14H,4-5,10-11,16H2,1-3H3. The highest BCUT2D eigenvalue weighted by atomic mass is 32.2. The number of hydrogen-bond acceptors (Lipinski definition) is 4. The van der Waals surface area contributed by atoms with Crippen LogP contribution in [0.15, 0.2) is 29.2 Å². The number of benzene rings is 1. The minimum Gasteiger partial charge on any atom is -0.324 e. The van der Waals surface area contributed by atoms with Gasteiger partial charge in [-0.3, -0.25) is 0 Å². The van der Waals surface area contributed by atoms with Crippen LogP contribution in [-0.4, -0.2) is 50.8 Å². The molecule has 1 aliphatic rings. The van der Waals surface area contributed by atoms with Crippen LogP contribution in [0.5, 0.6) is 0 Å². The van der Waals surface area contributed by atoms with Gasteiger partial charge in [0.2, 0.25) is 10.0 Å². The Morgan fingerprint density at radius 2 is 1.90 bits per heavy atom. The lowest BCUT2D eigenvalue weighted by Gasteiger charge is -2.35. The minimum atomic E-state index is -3.41. The molecule has 0 amide bonds. The van der Waals surface area contributed by atoms with Crippen LogP contribution in [0.1, 0.15) is 31.4 Å². The number of nitrogens with zero attached hydrogens (tertiary/aromatic N) is 2. The predicted molar refractivity (Wildman–Crippen MR) is 84.5 cm³/mol. The van der Waals surface area contributed by atoms with Crippen molar-refractivity contribution in [2.24, 2.45) is 5.73 Å². The second kappa shape index (κ2) is 6.44. The van der Waals surface area contributed by atoms with E-state index >= 15 is 0 Å². The third-order valence-corrected chi connectivity index (χ3v) is 6.01. The number of hydrogen-bond donors (Lipinski definition) is 1. The molecule has 0 radical (unpaired) electrons. The molecule has 2 rings (SSSR count). The van der Waals surface area contributed by atoms with Crippen molar-refractivity contribution >= 4 is 10.0 Å². The second-order valence-corrected chi connectivity index (χ2v) is 7.92. The van der Waals surface area contributed by atoms with Gasteiger partial charge in [0.15, 0.2) is 0 Å². The Kier molecular flexibility index (Phi) is 5.03. The number of piperidine rings is 1. The zero-order valence-corrected chi connectivity index (χ0v) is 13.8. The maximum Gasteiger partial charge on any atom is 0.243 e. The molecule has 1 aromatic rings. The van der Waals surface area contributed by atoms with E-state index in [0.29, 0.717) is 18.0 Å². The smallest absolute Gasteiger partial charge is 0.243 e. The highest BCUT2D eigenvalue weighted by Gasteiger charge is 2.30. The van der Waals surface area contributed by atoms with Crippen molar-refractivity contribution in [2.45, 2.75) is 36.7 Å². The number of nitrogens with two attached hydrogens (primary N) is 1. The molecule has 0 saturated carbocycles. The van der Waals surface area contributed by atoms with Gasteiger partial charge in [-0.1, -0.05) is 12.1 Å². The summed E-state index contributed by atoms with van der Waals surface area (Å²) in [6.07, 6.45) is 1.95. The Morgan fingerprint density at radius 3 is 2.43 bits per heavy atom. The quantitative estimate of drug-likeness (QED) is 0.913. The Labute approximate surface area is 127 Å². The van der Waals surface area contributed by atoms with Gasteiger partial charge in [-0.25, -0.2) is 8.42 Å². The summed E-state index contributed by atoms with van der Waals surface area (Å²) >= 11 is 0. The minimum absolute atomic E-state index is 0.0881. The van der Waals surface area contributed by atoms with Crippen LogP contribution in [0.2, 0.25) is 0 Å². The SMILES string of the molecule is CC(N)c1ccc(S(=O)(=O)N2CCCC(N(C)C)C2)cc1. The van der Waals surface area contributed by atoms with Crippen molar-refractivity contribution in [3.8, 4) is 0 Å². The van der Waals surface area contributed by atoms with Crippen molar-refractivity contribution in [3.63, 3.8) is 0 Å². The Morgan fingerprint density at radius 1 is 1.29 bits per heavy atom. The molecule has 2 unspecified atom stereocenters. The van der Waals surface area contributed by atoms with E-state index in [0.717, 1.165) is 18.4 Å². The van der Waals surface area contributed by atoms with Crippen molar-refractivity contribution in [1.82, 2.24) is 9.21 Å². The van der Waals surface area contributed by atoms with Crippen LogP contribution >= 0.6 is 0 Å². The number of rotatable bonds is 4. The number of sulfonamides is 1. The molecule has 2 atom stereocenters. The van der Waals surface area contributed by atoms with Gasteiger partial charge in [-0.05, 0) is 51.6 Å². The van der Waals surface area contributed by atoms with E-state index in [-0.39, 0.29) is 12.1 Å². The molecular formula is C15H25N3O2S. The zero-order valence-electron chi connectivity index (χ0n) is 13.0. The molecule has 5 nitrogen and oxygen atoms in total. The number of likely N-dealkylation sites (N-methyl/N-ethyl adjacent to an activating group) is 1. The van der Waals surface area contributed by atoms with E-state index in [4.69, 9.17) is 5.73 Å². The van der Waals surface area contributed by atoms with E-state index < -0.39 is 10.0 Å². The molecule has 0 aliphatic carbocycles. The molecule has 0 aromatic heterocycles. The van der Waals surface area contributed by atoms with Crippen molar-refractivity contribution in [3.05, 3.63) is 29.8 Å². The average molecular weight is 311 g/mol. The summed E-state index contributed by atoms with van der Waals surface area (Å²) in [7, 11) is 0.591. The predicted octanol–water partition coefficient (Wildman–Crippen LogP) is 1.42. The molecule has 2 N–H and O–H groups in total. The first-order chi connectivity index (χ1) is 9.82. The fourth-order valence-electron chi connectivity index (χ4n) is 2.65. The van der Waals surface area contributed by atoms with Gasteiger partial charge >= 0.3 is 0 Å². The summed E-state index contributed by atoms with van der Waals surface area (Å²) in [5, 5.41) is 0. The van der Waals surface area contributed by atoms with Gasteiger partial charge in [0.05, 0.1) is 4.90 Å². The van der Waals surface area contributed by atoms with Gasteiger partial charge in [-0.15, -0.1) is 0 Å². The molecule has 118 valence electrons. The highest BCUT2D eigenvalue weighted by molar-refractivity contribution is 7.89. The van der Waals surface area contributed by atoms with Crippen LogP contribution in [0.3, 0.4) is 0 Å². The third-order valence-electron chi connectivity index (χ3n) is 4.13. The Hall–Kier alpha value is -0.950. The largest absolute Gasteiger partial charge is 0.324 e. The summed E-state index contributed by atoms with van der Waals surface area (Å²) in [6.45, 7) is 3.04. The van der Waals surface area contributed by atoms with Gasteiger partial charge < -0.3 is 10.6 Å². The summed E-state index contributed by atoms with van der Waals surface area (Å²) < 4.78 is 27.0. The van der Waals surface area contributed by atoms with E-state index in [1.165, 1.54) is 0 Å². The summed E-state index contributed by atoms with van der Waals surface area (Å²) in [5.74, 6) is 0. The van der Waals surface area contributed by atoms with Crippen molar-refractivity contribution in [2.75, 3.05) is 27.2 Å². The van der Waals surface area contributed by atoms with Gasteiger partial charge in [0.25, 0.3) is 0 Å². The normalized spacial score (nSPS) is 22.4. The van der Waals surface area contributed by atoms with Crippen LogP contribution in [0, 0.1) is 0 Å². The molecule has 21 heavy (non-hydrogen) atoms. The van der Waals surface area contributed by atoms with E-state index in [2.05, 4.69) is 4.90 Å². The van der Waals surface area contributed by atoms with Gasteiger partial charge in [-0.2, -0.15) is 4.31 Å². The maximum atomic E-state index is 12.7. The summed E-state index contributed by atoms with van der Waals surface area (Å²) in [4.78, 5) is 2.45. The molecule has 1 saturated heterocycles. The van der Waals surface area contributed by atoms with Crippen molar-refractivity contribution < 1.29 is 8.42 Å². The van der Waals surface area contributed by atoms with Crippen LogP contribution in [-0.2, 0) is 10.0 Å². The fraction of sp³-hybridized carbons (Fsp3) is 0.600. The monoisotopic (exact) mass is 311 g/mol. The first kappa shape index (κ1) is 16.4. The summed E-state index contributed by atoms with van der Waals surface area (Å²) in [6, 6.07) is 7.11. The van der Waals surface area contributed by atoms with Crippen LogP contribution < -0.4 is 5.73 Å². The first-order valence-electron chi connectivity index (χ1n) is 7.34. The second-order valence-electron chi connectivity index (χ2n) is 5.98. The highest BCUT2D eigenvalue weighted by Crippen LogP contribution is 2.23.